The lowest BCUT2D eigenvalue weighted by Crippen LogP contribution is -2.37. The molecule has 1 atom stereocenters. The molecular formula is C10H25N2O+. The number of hydrogen-bond acceptors (Lipinski definition) is 2. The molecule has 0 aliphatic carbocycles. The van der Waals surface area contributed by atoms with Crippen LogP contribution in [-0.4, -0.2) is 56.5 Å². The smallest absolute Gasteiger partial charge is 0.0792 e. The molecule has 0 bridgehead atoms. The summed E-state index contributed by atoms with van der Waals surface area (Å²) >= 11 is 0. The number of nitrogens with one attached hydrogen (secondary N) is 1. The van der Waals surface area contributed by atoms with E-state index >= 15 is 0 Å². The van der Waals surface area contributed by atoms with Crippen LogP contribution in [0, 0.1) is 0 Å². The molecule has 0 aromatic rings. The standard InChI is InChI=1S/C10H25N2O/c1-5-10(13)9-11-7-6-8-12(2,3)4/h10-11,13H,5-9H2,1-4H3/q+1. The van der Waals surface area contributed by atoms with Crippen LogP contribution in [0.1, 0.15) is 19.8 Å². The predicted octanol–water partition coefficient (Wildman–Crippen LogP) is 0.443. The maximum Gasteiger partial charge on any atom is 0.0792 e. The SMILES string of the molecule is CCC(O)CNCCC[N+](C)(C)C. The summed E-state index contributed by atoms with van der Waals surface area (Å²) in [5.74, 6) is 0. The van der Waals surface area contributed by atoms with Crippen LogP contribution in [-0.2, 0) is 0 Å². The molecule has 0 aliphatic heterocycles. The Bertz CT molecular complexity index is 121. The summed E-state index contributed by atoms with van der Waals surface area (Å²) in [5.41, 5.74) is 0. The monoisotopic (exact) mass is 189 g/mol. The van der Waals surface area contributed by atoms with E-state index in [2.05, 4.69) is 26.5 Å². The van der Waals surface area contributed by atoms with Crippen molar-refractivity contribution in [1.29, 1.82) is 0 Å². The summed E-state index contributed by atoms with van der Waals surface area (Å²) < 4.78 is 1.01. The normalized spacial score (nSPS) is 14.5. The molecule has 0 aromatic carbocycles. The maximum atomic E-state index is 9.25. The van der Waals surface area contributed by atoms with Gasteiger partial charge in [0.25, 0.3) is 0 Å². The highest BCUT2D eigenvalue weighted by Crippen LogP contribution is 1.92. The Hall–Kier alpha value is -0.120. The molecule has 0 heterocycles. The van der Waals surface area contributed by atoms with E-state index in [0.717, 1.165) is 24.0 Å². The highest BCUT2D eigenvalue weighted by Gasteiger charge is 2.05. The first-order valence-electron chi connectivity index (χ1n) is 5.15. The second-order valence-electron chi connectivity index (χ2n) is 4.63. The molecule has 3 heteroatoms. The van der Waals surface area contributed by atoms with Crippen LogP contribution in [0.4, 0.5) is 0 Å². The topological polar surface area (TPSA) is 32.3 Å². The van der Waals surface area contributed by atoms with Crippen LogP contribution < -0.4 is 5.32 Å². The van der Waals surface area contributed by atoms with E-state index < -0.39 is 0 Å². The van der Waals surface area contributed by atoms with E-state index in [0.29, 0.717) is 0 Å². The van der Waals surface area contributed by atoms with Crippen LogP contribution >= 0.6 is 0 Å². The van der Waals surface area contributed by atoms with Crippen molar-refractivity contribution in [2.24, 2.45) is 0 Å². The lowest BCUT2D eigenvalue weighted by molar-refractivity contribution is -0.870. The molecule has 1 unspecified atom stereocenters. The van der Waals surface area contributed by atoms with E-state index in [1.165, 1.54) is 13.0 Å². The summed E-state index contributed by atoms with van der Waals surface area (Å²) in [6.07, 6.45) is 1.83. The van der Waals surface area contributed by atoms with Gasteiger partial charge in [0.1, 0.15) is 0 Å². The molecule has 0 saturated heterocycles. The van der Waals surface area contributed by atoms with Gasteiger partial charge >= 0.3 is 0 Å². The lowest BCUT2D eigenvalue weighted by atomic mass is 10.3. The molecular weight excluding hydrogens is 164 g/mol. The van der Waals surface area contributed by atoms with Gasteiger partial charge in [-0.05, 0) is 6.42 Å². The van der Waals surface area contributed by atoms with Crippen LogP contribution in [0.5, 0.6) is 0 Å². The summed E-state index contributed by atoms with van der Waals surface area (Å²) in [4.78, 5) is 0. The Labute approximate surface area is 82.3 Å². The second kappa shape index (κ2) is 6.35. The first-order chi connectivity index (χ1) is 5.95. The van der Waals surface area contributed by atoms with Crippen molar-refractivity contribution >= 4 is 0 Å². The maximum absolute atomic E-state index is 9.25. The predicted molar refractivity (Wildman–Crippen MR) is 56.7 cm³/mol. The van der Waals surface area contributed by atoms with Crippen LogP contribution in [0.15, 0.2) is 0 Å². The molecule has 80 valence electrons. The van der Waals surface area contributed by atoms with Gasteiger partial charge in [-0.3, -0.25) is 0 Å². The highest BCUT2D eigenvalue weighted by atomic mass is 16.3. The van der Waals surface area contributed by atoms with Gasteiger partial charge in [0.05, 0.1) is 33.8 Å². The summed E-state index contributed by atoms with van der Waals surface area (Å²) in [5, 5.41) is 12.5. The molecule has 0 spiro atoms. The zero-order valence-electron chi connectivity index (χ0n) is 9.51. The molecule has 0 aromatic heterocycles. The van der Waals surface area contributed by atoms with Gasteiger partial charge in [-0.25, -0.2) is 0 Å². The second-order valence-corrected chi connectivity index (χ2v) is 4.63. The minimum Gasteiger partial charge on any atom is -0.392 e. The minimum absolute atomic E-state index is 0.177. The molecule has 0 radical (unpaired) electrons. The van der Waals surface area contributed by atoms with Crippen molar-refractivity contribution in [3.8, 4) is 0 Å². The molecule has 0 aliphatic rings. The number of quaternary nitrogens is 1. The molecule has 0 rings (SSSR count). The van der Waals surface area contributed by atoms with Gasteiger partial charge < -0.3 is 14.9 Å². The van der Waals surface area contributed by atoms with E-state index in [4.69, 9.17) is 0 Å². The fraction of sp³-hybridized carbons (Fsp3) is 1.00. The number of nitrogens with zero attached hydrogens (tertiary/aromatic N) is 1. The first-order valence-corrected chi connectivity index (χ1v) is 5.15. The van der Waals surface area contributed by atoms with Gasteiger partial charge in [0.15, 0.2) is 0 Å². The Morgan fingerprint density at radius 2 is 1.92 bits per heavy atom. The number of aliphatic hydroxyl groups is 1. The number of hydrogen-bond donors (Lipinski definition) is 2. The first kappa shape index (κ1) is 12.9. The fourth-order valence-electron chi connectivity index (χ4n) is 1.09. The largest absolute Gasteiger partial charge is 0.392 e. The Morgan fingerprint density at radius 3 is 2.38 bits per heavy atom. The summed E-state index contributed by atoms with van der Waals surface area (Å²) in [7, 11) is 6.59. The fourth-order valence-corrected chi connectivity index (χ4v) is 1.09. The third-order valence-electron chi connectivity index (χ3n) is 2.03. The molecule has 0 saturated carbocycles. The molecule has 0 fully saturated rings. The zero-order chi connectivity index (χ0) is 10.3. The van der Waals surface area contributed by atoms with E-state index in [9.17, 15) is 5.11 Å². The van der Waals surface area contributed by atoms with Crippen LogP contribution in [0.2, 0.25) is 0 Å². The summed E-state index contributed by atoms with van der Waals surface area (Å²) in [6.45, 7) is 4.91. The summed E-state index contributed by atoms with van der Waals surface area (Å²) in [6, 6.07) is 0. The van der Waals surface area contributed by atoms with Crippen LogP contribution in [0.25, 0.3) is 0 Å². The number of aliphatic hydroxyl groups excluding tert-OH is 1. The molecule has 0 amide bonds. The Kier molecular flexibility index (Phi) is 6.29. The van der Waals surface area contributed by atoms with Crippen molar-refractivity contribution in [3.63, 3.8) is 0 Å². The van der Waals surface area contributed by atoms with Crippen molar-refractivity contribution in [2.75, 3.05) is 40.8 Å². The van der Waals surface area contributed by atoms with Crippen molar-refractivity contribution in [3.05, 3.63) is 0 Å². The number of rotatable bonds is 7. The van der Waals surface area contributed by atoms with Crippen molar-refractivity contribution < 1.29 is 9.59 Å². The van der Waals surface area contributed by atoms with Crippen molar-refractivity contribution in [1.82, 2.24) is 5.32 Å². The lowest BCUT2D eigenvalue weighted by Gasteiger charge is -2.23. The Balaban J connectivity index is 3.18. The third kappa shape index (κ3) is 9.80. The van der Waals surface area contributed by atoms with Gasteiger partial charge in [-0.1, -0.05) is 6.92 Å². The van der Waals surface area contributed by atoms with Gasteiger partial charge in [-0.2, -0.15) is 0 Å². The minimum atomic E-state index is -0.177. The molecule has 13 heavy (non-hydrogen) atoms. The van der Waals surface area contributed by atoms with Gasteiger partial charge in [0, 0.05) is 19.5 Å². The van der Waals surface area contributed by atoms with E-state index in [-0.39, 0.29) is 6.10 Å². The van der Waals surface area contributed by atoms with Crippen LogP contribution in [0.3, 0.4) is 0 Å². The third-order valence-corrected chi connectivity index (χ3v) is 2.03. The zero-order valence-corrected chi connectivity index (χ0v) is 9.51. The quantitative estimate of drug-likeness (QED) is 0.450. The average Bonchev–Trinajstić information content (AvgIpc) is 2.01. The highest BCUT2D eigenvalue weighted by molar-refractivity contribution is 4.56. The van der Waals surface area contributed by atoms with E-state index in [1.54, 1.807) is 0 Å². The van der Waals surface area contributed by atoms with Crippen molar-refractivity contribution in [2.45, 2.75) is 25.9 Å². The van der Waals surface area contributed by atoms with Gasteiger partial charge in [0.2, 0.25) is 0 Å². The van der Waals surface area contributed by atoms with Gasteiger partial charge in [-0.15, -0.1) is 0 Å². The Morgan fingerprint density at radius 1 is 1.31 bits per heavy atom. The molecule has 2 N–H and O–H groups in total. The van der Waals surface area contributed by atoms with E-state index in [1.807, 2.05) is 6.92 Å². The molecule has 3 nitrogen and oxygen atoms in total. The average molecular weight is 189 g/mol.